The van der Waals surface area contributed by atoms with E-state index in [1.807, 2.05) is 18.2 Å². The molecule has 2 amide bonds. The lowest BCUT2D eigenvalue weighted by atomic mass is 10.2. The highest BCUT2D eigenvalue weighted by atomic mass is 35.5. The fourth-order valence-electron chi connectivity index (χ4n) is 2.47. The Bertz CT molecular complexity index is 997. The van der Waals surface area contributed by atoms with E-state index in [9.17, 15) is 9.59 Å². The zero-order chi connectivity index (χ0) is 20.8. The van der Waals surface area contributed by atoms with Crippen LogP contribution in [-0.2, 0) is 9.59 Å². The summed E-state index contributed by atoms with van der Waals surface area (Å²) in [7, 11) is 1.57. The van der Waals surface area contributed by atoms with E-state index in [0.717, 1.165) is 17.3 Å². The maximum absolute atomic E-state index is 12.3. The van der Waals surface area contributed by atoms with Gasteiger partial charge in [0.05, 0.1) is 29.1 Å². The number of amides is 2. The molecule has 0 bridgehead atoms. The van der Waals surface area contributed by atoms with Gasteiger partial charge in [0.15, 0.2) is 5.17 Å². The highest BCUT2D eigenvalue weighted by molar-refractivity contribution is 8.15. The van der Waals surface area contributed by atoms with Crippen LogP contribution in [0.4, 0.5) is 5.69 Å². The number of ether oxygens (including phenoxy) is 1. The molecule has 0 aromatic heterocycles. The van der Waals surface area contributed by atoms with Crippen LogP contribution in [0.5, 0.6) is 5.75 Å². The number of amidine groups is 1. The maximum atomic E-state index is 12.3. The van der Waals surface area contributed by atoms with E-state index < -0.39 is 5.25 Å². The third-order valence-electron chi connectivity index (χ3n) is 3.86. The number of nitrogens with one attached hydrogen (secondary N) is 2. The summed E-state index contributed by atoms with van der Waals surface area (Å²) < 4.78 is 5.23. The average Bonchev–Trinajstić information content (AvgIpc) is 3.05. The molecule has 1 atom stereocenters. The summed E-state index contributed by atoms with van der Waals surface area (Å²) in [5.41, 5.74) is 1.14. The van der Waals surface area contributed by atoms with Gasteiger partial charge in [0.25, 0.3) is 0 Å². The topological polar surface area (TPSA) is 92.2 Å². The fraction of sp³-hybridized carbons (Fsp3) is 0.158. The molecule has 1 saturated heterocycles. The number of anilines is 1. The van der Waals surface area contributed by atoms with Crippen molar-refractivity contribution in [2.45, 2.75) is 11.7 Å². The number of nitrogens with zero attached hydrogens (tertiary/aromatic N) is 2. The molecule has 1 fully saturated rings. The van der Waals surface area contributed by atoms with Crippen LogP contribution < -0.4 is 15.4 Å². The van der Waals surface area contributed by atoms with Gasteiger partial charge >= 0.3 is 0 Å². The number of benzene rings is 2. The number of thioether (sulfide) groups is 1. The molecule has 1 aliphatic rings. The van der Waals surface area contributed by atoms with Crippen molar-refractivity contribution >= 4 is 63.8 Å². The normalized spacial score (nSPS) is 17.6. The number of para-hydroxylation sites is 1. The van der Waals surface area contributed by atoms with Crippen molar-refractivity contribution < 1.29 is 14.3 Å². The number of rotatable bonds is 6. The Morgan fingerprint density at radius 1 is 1.28 bits per heavy atom. The molecule has 3 rings (SSSR count). The summed E-state index contributed by atoms with van der Waals surface area (Å²) in [6.45, 7) is 0. The van der Waals surface area contributed by atoms with Crippen LogP contribution >= 0.6 is 35.0 Å². The van der Waals surface area contributed by atoms with Crippen molar-refractivity contribution in [2.24, 2.45) is 10.2 Å². The molecule has 150 valence electrons. The smallest absolute Gasteiger partial charge is 0.240 e. The first-order valence-electron chi connectivity index (χ1n) is 8.43. The van der Waals surface area contributed by atoms with Crippen LogP contribution in [-0.4, -0.2) is 35.6 Å². The summed E-state index contributed by atoms with van der Waals surface area (Å²) >= 11 is 13.1. The third-order valence-corrected chi connectivity index (χ3v) is 5.75. The molecular formula is C19H16Cl2N4O3S. The van der Waals surface area contributed by atoms with E-state index in [-0.39, 0.29) is 23.3 Å². The first kappa shape index (κ1) is 21.2. The first-order valence-corrected chi connectivity index (χ1v) is 10.1. The van der Waals surface area contributed by atoms with Gasteiger partial charge in [0.2, 0.25) is 11.8 Å². The monoisotopic (exact) mass is 450 g/mol. The molecule has 1 aliphatic heterocycles. The Morgan fingerprint density at radius 2 is 2.07 bits per heavy atom. The molecule has 0 saturated carbocycles. The number of halogens is 2. The lowest BCUT2D eigenvalue weighted by Crippen LogP contribution is -2.28. The lowest BCUT2D eigenvalue weighted by molar-refractivity contribution is -0.122. The zero-order valence-electron chi connectivity index (χ0n) is 15.2. The number of hydrogen-bond acceptors (Lipinski definition) is 6. The molecule has 0 radical (unpaired) electrons. The van der Waals surface area contributed by atoms with Gasteiger partial charge in [0.1, 0.15) is 11.0 Å². The van der Waals surface area contributed by atoms with E-state index in [0.29, 0.717) is 21.6 Å². The summed E-state index contributed by atoms with van der Waals surface area (Å²) in [5, 5.41) is 13.5. The summed E-state index contributed by atoms with van der Waals surface area (Å²) in [5.74, 6) is -0.0112. The highest BCUT2D eigenvalue weighted by Crippen LogP contribution is 2.30. The largest absolute Gasteiger partial charge is 0.496 e. The molecule has 1 heterocycles. The van der Waals surface area contributed by atoms with Crippen molar-refractivity contribution in [3.8, 4) is 5.75 Å². The van der Waals surface area contributed by atoms with Gasteiger partial charge in [0, 0.05) is 12.0 Å². The van der Waals surface area contributed by atoms with Crippen LogP contribution in [0.1, 0.15) is 12.0 Å². The molecule has 0 spiro atoms. The molecule has 2 N–H and O–H groups in total. The van der Waals surface area contributed by atoms with Crippen molar-refractivity contribution in [3.63, 3.8) is 0 Å². The van der Waals surface area contributed by atoms with Gasteiger partial charge in [-0.25, -0.2) is 0 Å². The SMILES string of the molecule is COc1ccccc1/C=N\N=C1/NC(=O)[C@H](CC(=O)Nc2cccc(Cl)c2Cl)S1. The Morgan fingerprint density at radius 3 is 2.86 bits per heavy atom. The van der Waals surface area contributed by atoms with Crippen molar-refractivity contribution in [1.82, 2.24) is 5.32 Å². The van der Waals surface area contributed by atoms with Crippen molar-refractivity contribution in [1.29, 1.82) is 0 Å². The van der Waals surface area contributed by atoms with Gasteiger partial charge in [-0.05, 0) is 24.3 Å². The maximum Gasteiger partial charge on any atom is 0.240 e. The number of carbonyl (C=O) groups excluding carboxylic acids is 2. The number of methoxy groups -OCH3 is 1. The number of carbonyl (C=O) groups is 2. The fourth-order valence-corrected chi connectivity index (χ4v) is 3.74. The third kappa shape index (κ3) is 5.50. The second-order valence-electron chi connectivity index (χ2n) is 5.84. The molecule has 2 aromatic rings. The van der Waals surface area contributed by atoms with Crippen LogP contribution in [0.15, 0.2) is 52.7 Å². The van der Waals surface area contributed by atoms with E-state index >= 15 is 0 Å². The summed E-state index contributed by atoms with van der Waals surface area (Å²) in [4.78, 5) is 24.4. The molecule has 10 heteroatoms. The summed E-state index contributed by atoms with van der Waals surface area (Å²) in [6, 6.07) is 12.3. The van der Waals surface area contributed by atoms with Gasteiger partial charge in [-0.1, -0.05) is 53.2 Å². The van der Waals surface area contributed by atoms with Crippen molar-refractivity contribution in [3.05, 3.63) is 58.1 Å². The second kappa shape index (κ2) is 9.78. The van der Waals surface area contributed by atoms with Gasteiger partial charge < -0.3 is 15.4 Å². The predicted octanol–water partition coefficient (Wildman–Crippen LogP) is 3.95. The minimum atomic E-state index is -0.617. The summed E-state index contributed by atoms with van der Waals surface area (Å²) in [6.07, 6.45) is 1.48. The standard InChI is InChI=1S/C19H16Cl2N4O3S/c1-28-14-8-3-2-5-11(14)10-22-25-19-24-18(27)15(29-19)9-16(26)23-13-7-4-6-12(20)17(13)21/h2-8,10,15H,9H2,1H3,(H,23,26)(H,24,25,27)/b22-10-/t15-/m0/s1. The van der Waals surface area contributed by atoms with E-state index in [2.05, 4.69) is 20.8 Å². The van der Waals surface area contributed by atoms with Crippen LogP contribution in [0.25, 0.3) is 0 Å². The minimum Gasteiger partial charge on any atom is -0.496 e. The van der Waals surface area contributed by atoms with Crippen LogP contribution in [0.2, 0.25) is 10.0 Å². The Kier molecular flexibility index (Phi) is 7.13. The van der Waals surface area contributed by atoms with E-state index in [1.165, 1.54) is 6.21 Å². The molecular weight excluding hydrogens is 435 g/mol. The molecule has 2 aromatic carbocycles. The van der Waals surface area contributed by atoms with Crippen LogP contribution in [0.3, 0.4) is 0 Å². The van der Waals surface area contributed by atoms with Gasteiger partial charge in [-0.2, -0.15) is 5.10 Å². The van der Waals surface area contributed by atoms with Crippen molar-refractivity contribution in [2.75, 3.05) is 12.4 Å². The molecule has 29 heavy (non-hydrogen) atoms. The van der Waals surface area contributed by atoms with Gasteiger partial charge in [-0.15, -0.1) is 5.10 Å². The number of hydrogen-bond donors (Lipinski definition) is 2. The average molecular weight is 451 g/mol. The van der Waals surface area contributed by atoms with Crippen LogP contribution in [0, 0.1) is 0 Å². The highest BCUT2D eigenvalue weighted by Gasteiger charge is 2.32. The Labute approximate surface area is 181 Å². The molecule has 0 unspecified atom stereocenters. The van der Waals surface area contributed by atoms with Gasteiger partial charge in [-0.3, -0.25) is 9.59 Å². The second-order valence-corrected chi connectivity index (χ2v) is 7.82. The molecule has 7 nitrogen and oxygen atoms in total. The van der Waals surface area contributed by atoms with E-state index in [4.69, 9.17) is 27.9 Å². The Balaban J connectivity index is 1.59. The Hall–Kier alpha value is -2.55. The first-order chi connectivity index (χ1) is 14.0. The molecule has 0 aliphatic carbocycles. The lowest BCUT2D eigenvalue weighted by Gasteiger charge is -2.09. The van der Waals surface area contributed by atoms with E-state index in [1.54, 1.807) is 31.4 Å². The predicted molar refractivity (Wildman–Crippen MR) is 117 cm³/mol. The minimum absolute atomic E-state index is 0.0470. The quantitative estimate of drug-likeness (QED) is 0.514. The zero-order valence-corrected chi connectivity index (χ0v) is 17.5.